The van der Waals surface area contributed by atoms with E-state index in [4.69, 9.17) is 4.74 Å². The summed E-state index contributed by atoms with van der Waals surface area (Å²) >= 11 is 3.08. The van der Waals surface area contributed by atoms with Crippen LogP contribution in [-0.2, 0) is 9.53 Å². The summed E-state index contributed by atoms with van der Waals surface area (Å²) in [4.78, 5) is 50.3. The molecule has 4 rings (SSSR count). The number of ether oxygens (including phenoxy) is 1. The van der Waals surface area contributed by atoms with Crippen LogP contribution >= 0.6 is 15.9 Å². The van der Waals surface area contributed by atoms with E-state index >= 15 is 0 Å². The Balaban J connectivity index is 1.50. The average Bonchev–Trinajstić information content (AvgIpc) is 2.77. The summed E-state index contributed by atoms with van der Waals surface area (Å²) in [5.41, 5.74) is 1.44. The number of nitrogens with one attached hydrogen (secondary N) is 1. The van der Waals surface area contributed by atoms with Gasteiger partial charge in [-0.2, -0.15) is 0 Å². The number of benzene rings is 3. The molecule has 1 amide bonds. The number of rotatable bonds is 4. The van der Waals surface area contributed by atoms with Crippen LogP contribution in [0.5, 0.6) is 0 Å². The van der Waals surface area contributed by atoms with Gasteiger partial charge in [0.05, 0.1) is 5.56 Å². The van der Waals surface area contributed by atoms with Crippen molar-refractivity contribution in [1.82, 2.24) is 0 Å². The lowest BCUT2D eigenvalue weighted by Crippen LogP contribution is -2.30. The molecule has 1 aliphatic rings. The summed E-state index contributed by atoms with van der Waals surface area (Å²) < 4.78 is 18.6. The third-order valence-electron chi connectivity index (χ3n) is 5.00. The van der Waals surface area contributed by atoms with E-state index in [1.165, 1.54) is 31.2 Å². The maximum Gasteiger partial charge on any atom is 0.340 e. The fourth-order valence-electron chi connectivity index (χ4n) is 3.35. The van der Waals surface area contributed by atoms with Crippen LogP contribution < -0.4 is 5.32 Å². The van der Waals surface area contributed by atoms with Crippen molar-refractivity contribution in [3.63, 3.8) is 0 Å². The molecule has 1 atom stereocenters. The highest BCUT2D eigenvalue weighted by molar-refractivity contribution is 9.10. The number of hydrogen-bond acceptors (Lipinski definition) is 5. The number of carbonyl (C=O) groups is 4. The summed E-state index contributed by atoms with van der Waals surface area (Å²) in [6.07, 6.45) is -1.17. The SMILES string of the molecule is CC(OC(=O)c1ccc(F)cc1Br)C(=O)Nc1ccc2c(c1)C(=O)c1ccccc1C2=O. The molecule has 32 heavy (non-hydrogen) atoms. The highest BCUT2D eigenvalue weighted by atomic mass is 79.9. The minimum absolute atomic E-state index is 0.0719. The molecule has 0 fully saturated rings. The first-order chi connectivity index (χ1) is 15.3. The van der Waals surface area contributed by atoms with Crippen LogP contribution in [0.25, 0.3) is 0 Å². The third-order valence-corrected chi connectivity index (χ3v) is 5.65. The quantitative estimate of drug-likeness (QED) is 0.419. The van der Waals surface area contributed by atoms with E-state index in [9.17, 15) is 23.6 Å². The molecule has 3 aromatic rings. The van der Waals surface area contributed by atoms with Crippen LogP contribution in [-0.4, -0.2) is 29.5 Å². The van der Waals surface area contributed by atoms with Crippen LogP contribution in [0.2, 0.25) is 0 Å². The Labute approximate surface area is 190 Å². The number of esters is 1. The van der Waals surface area contributed by atoms with Crippen molar-refractivity contribution < 1.29 is 28.3 Å². The number of ketones is 2. The molecule has 0 saturated carbocycles. The molecule has 160 valence electrons. The summed E-state index contributed by atoms with van der Waals surface area (Å²) in [6, 6.07) is 14.4. The van der Waals surface area contributed by atoms with Gasteiger partial charge in [-0.15, -0.1) is 0 Å². The van der Waals surface area contributed by atoms with Crippen molar-refractivity contribution in [2.24, 2.45) is 0 Å². The molecule has 0 saturated heterocycles. The molecule has 6 nitrogen and oxygen atoms in total. The lowest BCUT2D eigenvalue weighted by Gasteiger charge is -2.19. The van der Waals surface area contributed by atoms with Gasteiger partial charge in [0.2, 0.25) is 0 Å². The third kappa shape index (κ3) is 3.97. The first kappa shape index (κ1) is 21.6. The second-order valence-electron chi connectivity index (χ2n) is 7.13. The fourth-order valence-corrected chi connectivity index (χ4v) is 3.87. The van der Waals surface area contributed by atoms with Gasteiger partial charge in [-0.1, -0.05) is 24.3 Å². The normalized spacial score (nSPS) is 13.1. The standard InChI is InChI=1S/C24H15BrFNO5/c1-12(32-24(31)18-8-6-13(26)10-20(18)25)23(30)27-14-7-9-17-19(11-14)22(29)16-5-3-2-4-15(16)21(17)28/h2-12H,1H3,(H,27,30). The van der Waals surface area contributed by atoms with Crippen LogP contribution in [0.1, 0.15) is 49.1 Å². The van der Waals surface area contributed by atoms with E-state index in [2.05, 4.69) is 21.2 Å². The lowest BCUT2D eigenvalue weighted by molar-refractivity contribution is -0.123. The molecular formula is C24H15BrFNO5. The molecule has 1 N–H and O–H groups in total. The van der Waals surface area contributed by atoms with Gasteiger partial charge >= 0.3 is 5.97 Å². The van der Waals surface area contributed by atoms with Gasteiger partial charge in [-0.05, 0) is 59.3 Å². The Kier molecular flexibility index (Phi) is 5.71. The van der Waals surface area contributed by atoms with Crippen LogP contribution in [0.4, 0.5) is 10.1 Å². The average molecular weight is 496 g/mol. The zero-order valence-electron chi connectivity index (χ0n) is 16.6. The van der Waals surface area contributed by atoms with Crippen LogP contribution in [0.15, 0.2) is 65.1 Å². The molecule has 0 aliphatic heterocycles. The van der Waals surface area contributed by atoms with Gasteiger partial charge in [0.1, 0.15) is 5.82 Å². The second kappa shape index (κ2) is 8.47. The number of hydrogen-bond donors (Lipinski definition) is 1. The summed E-state index contributed by atoms with van der Waals surface area (Å²) in [6.45, 7) is 1.38. The minimum Gasteiger partial charge on any atom is -0.449 e. The Bertz CT molecular complexity index is 1300. The van der Waals surface area contributed by atoms with Crippen molar-refractivity contribution in [1.29, 1.82) is 0 Å². The largest absolute Gasteiger partial charge is 0.449 e. The first-order valence-corrected chi connectivity index (χ1v) is 10.3. The Morgan fingerprint density at radius 1 is 0.906 bits per heavy atom. The molecule has 3 aromatic carbocycles. The number of carbonyl (C=O) groups excluding carboxylic acids is 4. The molecule has 0 spiro atoms. The van der Waals surface area contributed by atoms with Gasteiger partial charge in [-0.3, -0.25) is 14.4 Å². The van der Waals surface area contributed by atoms with Crippen molar-refractivity contribution in [2.45, 2.75) is 13.0 Å². The summed E-state index contributed by atoms with van der Waals surface area (Å²) in [5, 5.41) is 2.58. The van der Waals surface area contributed by atoms with E-state index in [0.717, 1.165) is 12.1 Å². The molecule has 0 radical (unpaired) electrons. The van der Waals surface area contributed by atoms with Gasteiger partial charge < -0.3 is 10.1 Å². The molecule has 8 heteroatoms. The summed E-state index contributed by atoms with van der Waals surface area (Å²) in [5.74, 6) is -2.54. The topological polar surface area (TPSA) is 89.5 Å². The minimum atomic E-state index is -1.17. The van der Waals surface area contributed by atoms with Crippen LogP contribution in [0, 0.1) is 5.82 Å². The van der Waals surface area contributed by atoms with Crippen molar-refractivity contribution in [3.05, 3.63) is 98.8 Å². The highest BCUT2D eigenvalue weighted by Gasteiger charge is 2.30. The molecule has 0 aromatic heterocycles. The predicted molar refractivity (Wildman–Crippen MR) is 117 cm³/mol. The zero-order chi connectivity index (χ0) is 23.0. The van der Waals surface area contributed by atoms with Crippen LogP contribution in [0.3, 0.4) is 0 Å². The fraction of sp³-hybridized carbons (Fsp3) is 0.0833. The maximum atomic E-state index is 13.2. The van der Waals surface area contributed by atoms with Crippen molar-refractivity contribution in [3.8, 4) is 0 Å². The number of amides is 1. The van der Waals surface area contributed by atoms with Gasteiger partial charge in [-0.25, -0.2) is 9.18 Å². The number of halogens is 2. The lowest BCUT2D eigenvalue weighted by atomic mass is 9.84. The number of fused-ring (bicyclic) bond motifs is 2. The monoisotopic (exact) mass is 495 g/mol. The van der Waals surface area contributed by atoms with E-state index in [-0.39, 0.29) is 38.4 Å². The maximum absolute atomic E-state index is 13.2. The Morgan fingerprint density at radius 3 is 2.19 bits per heavy atom. The number of anilines is 1. The smallest absolute Gasteiger partial charge is 0.340 e. The second-order valence-corrected chi connectivity index (χ2v) is 7.98. The van der Waals surface area contributed by atoms with Crippen molar-refractivity contribution >= 4 is 45.1 Å². The van der Waals surface area contributed by atoms with E-state index < -0.39 is 23.8 Å². The van der Waals surface area contributed by atoms with Crippen molar-refractivity contribution in [2.75, 3.05) is 5.32 Å². The van der Waals surface area contributed by atoms with E-state index in [1.54, 1.807) is 24.3 Å². The highest BCUT2D eigenvalue weighted by Crippen LogP contribution is 2.29. The summed E-state index contributed by atoms with van der Waals surface area (Å²) in [7, 11) is 0. The van der Waals surface area contributed by atoms with Gasteiger partial charge in [0.15, 0.2) is 17.7 Å². The first-order valence-electron chi connectivity index (χ1n) is 9.55. The molecule has 0 heterocycles. The molecule has 1 aliphatic carbocycles. The molecule has 0 bridgehead atoms. The van der Waals surface area contributed by atoms with Gasteiger partial charge in [0, 0.05) is 32.4 Å². The molecular weight excluding hydrogens is 481 g/mol. The van der Waals surface area contributed by atoms with Gasteiger partial charge in [0.25, 0.3) is 5.91 Å². The zero-order valence-corrected chi connectivity index (χ0v) is 18.2. The Hall–Kier alpha value is -3.65. The predicted octanol–water partition coefficient (Wildman–Crippen LogP) is 4.55. The van der Waals surface area contributed by atoms with E-state index in [0.29, 0.717) is 11.1 Å². The molecule has 1 unspecified atom stereocenters. The van der Waals surface area contributed by atoms with E-state index in [1.807, 2.05) is 0 Å². The Morgan fingerprint density at radius 2 is 1.53 bits per heavy atom.